The Morgan fingerprint density at radius 1 is 1.12 bits per heavy atom. The van der Waals surface area contributed by atoms with Crippen LogP contribution < -0.4 is 0 Å². The summed E-state index contributed by atoms with van der Waals surface area (Å²) >= 11 is 0. The fraction of sp³-hybridized carbons (Fsp3) is 0.267. The van der Waals surface area contributed by atoms with Crippen molar-refractivity contribution in [3.8, 4) is 0 Å². The Kier molecular flexibility index (Phi) is 2.99. The van der Waals surface area contributed by atoms with E-state index in [-0.39, 0.29) is 0 Å². The molecule has 0 aliphatic carbocycles. The summed E-state index contributed by atoms with van der Waals surface area (Å²) in [5.41, 5.74) is 0.0321. The number of carbonyl (C=O) groups is 1. The van der Waals surface area contributed by atoms with Crippen molar-refractivity contribution in [1.82, 2.24) is 0 Å². The Balaban J connectivity index is 2.59. The second-order valence-corrected chi connectivity index (χ2v) is 4.91. The van der Waals surface area contributed by atoms with Gasteiger partial charge in [0.05, 0.1) is 11.5 Å². The summed E-state index contributed by atoms with van der Waals surface area (Å²) in [4.78, 5) is 11.0. The van der Waals surface area contributed by atoms with Crippen LogP contribution in [0.4, 0.5) is 0 Å². The summed E-state index contributed by atoms with van der Waals surface area (Å²) < 4.78 is 0. The van der Waals surface area contributed by atoms with E-state index < -0.39 is 11.5 Å². The van der Waals surface area contributed by atoms with E-state index in [1.54, 1.807) is 13.8 Å². The molecule has 17 heavy (non-hydrogen) atoms. The lowest BCUT2D eigenvalue weighted by atomic mass is 9.82. The van der Waals surface area contributed by atoms with Crippen molar-refractivity contribution in [2.24, 2.45) is 5.41 Å². The van der Waals surface area contributed by atoms with Crippen molar-refractivity contribution in [1.29, 1.82) is 0 Å². The van der Waals surface area contributed by atoms with Crippen molar-refractivity contribution in [2.45, 2.75) is 20.0 Å². The van der Waals surface area contributed by atoms with Crippen LogP contribution in [0.1, 0.15) is 25.5 Å². The highest BCUT2D eigenvalue weighted by Crippen LogP contribution is 2.35. The average Bonchev–Trinajstić information content (AvgIpc) is 2.37. The molecule has 2 rings (SSSR count). The predicted molar refractivity (Wildman–Crippen MR) is 68.8 cm³/mol. The van der Waals surface area contributed by atoms with Gasteiger partial charge < -0.3 is 9.90 Å². The molecule has 0 aliphatic heterocycles. The minimum absolute atomic E-state index is 0.774. The number of hydrogen-bond acceptors (Lipinski definition) is 2. The Morgan fingerprint density at radius 3 is 2.47 bits per heavy atom. The van der Waals surface area contributed by atoms with E-state index in [1.165, 1.54) is 0 Å². The molecule has 0 radical (unpaired) electrons. The molecule has 0 amide bonds. The van der Waals surface area contributed by atoms with Gasteiger partial charge in [0.15, 0.2) is 0 Å². The average molecular weight is 228 g/mol. The first-order chi connectivity index (χ1) is 8.06. The van der Waals surface area contributed by atoms with Crippen LogP contribution in [0.2, 0.25) is 0 Å². The summed E-state index contributed by atoms with van der Waals surface area (Å²) in [6.07, 6.45) is 0.0190. The van der Waals surface area contributed by atoms with Crippen LogP contribution >= 0.6 is 0 Å². The maximum atomic E-state index is 11.0. The molecule has 1 N–H and O–H groups in total. The number of aliphatic hydroxyl groups is 1. The minimum atomic E-state index is -0.786. The van der Waals surface area contributed by atoms with Crippen LogP contribution in [0.3, 0.4) is 0 Å². The second-order valence-electron chi connectivity index (χ2n) is 4.91. The number of benzene rings is 2. The van der Waals surface area contributed by atoms with Crippen LogP contribution in [0, 0.1) is 5.41 Å². The smallest absolute Gasteiger partial charge is 0.128 e. The molecule has 0 aromatic heterocycles. The first-order valence-corrected chi connectivity index (χ1v) is 5.68. The Morgan fingerprint density at radius 2 is 1.76 bits per heavy atom. The highest BCUT2D eigenvalue weighted by molar-refractivity contribution is 5.86. The number of rotatable bonds is 3. The summed E-state index contributed by atoms with van der Waals surface area (Å²) in [6.45, 7) is 3.48. The van der Waals surface area contributed by atoms with E-state index in [9.17, 15) is 9.90 Å². The number of carbonyl (C=O) groups excluding carboxylic acids is 1. The van der Waals surface area contributed by atoms with Gasteiger partial charge in [-0.05, 0) is 16.3 Å². The molecule has 0 spiro atoms. The highest BCUT2D eigenvalue weighted by Gasteiger charge is 2.29. The van der Waals surface area contributed by atoms with Crippen molar-refractivity contribution in [2.75, 3.05) is 0 Å². The molecule has 0 unspecified atom stereocenters. The normalized spacial score (nSPS) is 13.6. The molecule has 88 valence electrons. The third-order valence-corrected chi connectivity index (χ3v) is 3.13. The number of hydrogen-bond donors (Lipinski definition) is 1. The molecule has 0 bridgehead atoms. The predicted octanol–water partition coefficient (Wildman–Crippen LogP) is 3.10. The summed E-state index contributed by atoms with van der Waals surface area (Å²) in [5.74, 6) is 0. The SMILES string of the molecule is CC(C)(C=O)[C@@H](O)c1cccc2ccccc12. The number of aliphatic hydroxyl groups excluding tert-OH is 1. The first-order valence-electron chi connectivity index (χ1n) is 5.68. The van der Waals surface area contributed by atoms with Gasteiger partial charge in [0, 0.05) is 0 Å². The Bertz CT molecular complexity index is 538. The zero-order valence-electron chi connectivity index (χ0n) is 10.1. The zero-order valence-corrected chi connectivity index (χ0v) is 10.1. The molecule has 0 aliphatic rings. The van der Waals surface area contributed by atoms with Crippen molar-refractivity contribution < 1.29 is 9.90 Å². The van der Waals surface area contributed by atoms with E-state index in [1.807, 2.05) is 42.5 Å². The number of fused-ring (bicyclic) bond motifs is 1. The van der Waals surface area contributed by atoms with E-state index in [4.69, 9.17) is 0 Å². The second kappa shape index (κ2) is 4.30. The number of aldehydes is 1. The molecule has 0 heterocycles. The molecule has 2 nitrogen and oxygen atoms in total. The quantitative estimate of drug-likeness (QED) is 0.820. The van der Waals surface area contributed by atoms with E-state index in [0.29, 0.717) is 0 Å². The summed E-state index contributed by atoms with van der Waals surface area (Å²) in [5, 5.41) is 12.4. The lowest BCUT2D eigenvalue weighted by Gasteiger charge is -2.25. The van der Waals surface area contributed by atoms with E-state index in [2.05, 4.69) is 0 Å². The van der Waals surface area contributed by atoms with Crippen LogP contribution in [-0.4, -0.2) is 11.4 Å². The van der Waals surface area contributed by atoms with Gasteiger partial charge >= 0.3 is 0 Å². The van der Waals surface area contributed by atoms with E-state index >= 15 is 0 Å². The van der Waals surface area contributed by atoms with Crippen LogP contribution in [-0.2, 0) is 4.79 Å². The zero-order chi connectivity index (χ0) is 12.5. The van der Waals surface area contributed by atoms with Gasteiger partial charge in [0.1, 0.15) is 6.29 Å². The first kappa shape index (κ1) is 11.8. The molecule has 0 saturated carbocycles. The van der Waals surface area contributed by atoms with Crippen molar-refractivity contribution >= 4 is 17.1 Å². The summed E-state index contributed by atoms with van der Waals surface area (Å²) in [7, 11) is 0. The van der Waals surface area contributed by atoms with Crippen LogP contribution in [0.5, 0.6) is 0 Å². The van der Waals surface area contributed by atoms with Gasteiger partial charge in [0.25, 0.3) is 0 Å². The Labute approximate surface area is 101 Å². The molecule has 1 atom stereocenters. The minimum Gasteiger partial charge on any atom is -0.387 e. The topological polar surface area (TPSA) is 37.3 Å². The Hall–Kier alpha value is -1.67. The molecule has 0 saturated heterocycles. The lowest BCUT2D eigenvalue weighted by molar-refractivity contribution is -0.120. The molecular formula is C15H16O2. The fourth-order valence-electron chi connectivity index (χ4n) is 1.95. The van der Waals surface area contributed by atoms with E-state index in [0.717, 1.165) is 22.6 Å². The maximum absolute atomic E-state index is 11.0. The van der Waals surface area contributed by atoms with Crippen LogP contribution in [0.15, 0.2) is 42.5 Å². The van der Waals surface area contributed by atoms with Gasteiger partial charge in [-0.2, -0.15) is 0 Å². The monoisotopic (exact) mass is 228 g/mol. The van der Waals surface area contributed by atoms with Gasteiger partial charge in [-0.3, -0.25) is 0 Å². The van der Waals surface area contributed by atoms with Gasteiger partial charge in [-0.25, -0.2) is 0 Å². The van der Waals surface area contributed by atoms with Gasteiger partial charge in [0.2, 0.25) is 0 Å². The molecule has 2 aromatic rings. The van der Waals surface area contributed by atoms with Crippen molar-refractivity contribution in [3.05, 3.63) is 48.0 Å². The third kappa shape index (κ3) is 2.08. The molecule has 2 heteroatoms. The largest absolute Gasteiger partial charge is 0.387 e. The standard InChI is InChI=1S/C15H16O2/c1-15(2,10-16)14(17)13-9-5-7-11-6-3-4-8-12(11)13/h3-10,14,17H,1-2H3/t14-/m0/s1. The maximum Gasteiger partial charge on any atom is 0.128 e. The van der Waals surface area contributed by atoms with Crippen LogP contribution in [0.25, 0.3) is 10.8 Å². The molecule has 0 fully saturated rings. The molecular weight excluding hydrogens is 212 g/mol. The van der Waals surface area contributed by atoms with Gasteiger partial charge in [-0.1, -0.05) is 56.3 Å². The highest BCUT2D eigenvalue weighted by atomic mass is 16.3. The fourth-order valence-corrected chi connectivity index (χ4v) is 1.95. The van der Waals surface area contributed by atoms with Gasteiger partial charge in [-0.15, -0.1) is 0 Å². The third-order valence-electron chi connectivity index (χ3n) is 3.13. The van der Waals surface area contributed by atoms with Crippen molar-refractivity contribution in [3.63, 3.8) is 0 Å². The molecule has 2 aromatic carbocycles. The lowest BCUT2D eigenvalue weighted by Crippen LogP contribution is -2.23. The summed E-state index contributed by atoms with van der Waals surface area (Å²) in [6, 6.07) is 13.6.